The van der Waals surface area contributed by atoms with E-state index in [0.717, 1.165) is 16.7 Å². The monoisotopic (exact) mass is 623 g/mol. The van der Waals surface area contributed by atoms with Gasteiger partial charge in [-0.05, 0) is 97.4 Å². The Kier molecular flexibility index (Phi) is 7.22. The third-order valence-electron chi connectivity index (χ3n) is 9.60. The number of rotatable bonds is 4. The van der Waals surface area contributed by atoms with Crippen molar-refractivity contribution in [2.45, 2.75) is 0 Å². The average Bonchev–Trinajstić information content (AvgIpc) is 3.23. The van der Waals surface area contributed by atoms with Crippen molar-refractivity contribution in [3.63, 3.8) is 0 Å². The minimum Gasteiger partial charge on any atom is -0.309 e. The SMILES string of the molecule is c1ccc(-c2cc(-c3ccccc3)cc(-c3cccc(-n4c5ccccc5c5ccccc5c5ccccc5c5ccccc54)c3)c2)cc1. The van der Waals surface area contributed by atoms with E-state index < -0.39 is 0 Å². The molecule has 49 heavy (non-hydrogen) atoms. The lowest BCUT2D eigenvalue weighted by molar-refractivity contribution is 1.17. The van der Waals surface area contributed by atoms with E-state index in [1.165, 1.54) is 65.7 Å². The highest BCUT2D eigenvalue weighted by Crippen LogP contribution is 2.37. The molecule has 1 heterocycles. The Morgan fingerprint density at radius 3 is 1.04 bits per heavy atom. The van der Waals surface area contributed by atoms with Crippen molar-refractivity contribution in [2.24, 2.45) is 0 Å². The number of hydrogen-bond donors (Lipinski definition) is 0. The van der Waals surface area contributed by atoms with Crippen LogP contribution in [-0.4, -0.2) is 4.57 Å². The first-order chi connectivity index (χ1) is 24.3. The number of hydrogen-bond acceptors (Lipinski definition) is 0. The number of fused-ring (bicyclic) bond motifs is 7. The third-order valence-corrected chi connectivity index (χ3v) is 9.60. The second-order valence-corrected chi connectivity index (χ2v) is 12.5. The number of aromatic nitrogens is 1. The predicted octanol–water partition coefficient (Wildman–Crippen LogP) is 13.2. The van der Waals surface area contributed by atoms with Gasteiger partial charge in [-0.15, -0.1) is 0 Å². The molecule has 0 radical (unpaired) electrons. The zero-order valence-electron chi connectivity index (χ0n) is 27.0. The summed E-state index contributed by atoms with van der Waals surface area (Å²) in [7, 11) is 0. The molecule has 0 bridgehead atoms. The summed E-state index contributed by atoms with van der Waals surface area (Å²) in [6.07, 6.45) is 0. The van der Waals surface area contributed by atoms with Crippen molar-refractivity contribution in [2.75, 3.05) is 0 Å². The van der Waals surface area contributed by atoms with Crippen molar-refractivity contribution in [1.82, 2.24) is 4.57 Å². The van der Waals surface area contributed by atoms with E-state index in [-0.39, 0.29) is 0 Å². The zero-order valence-corrected chi connectivity index (χ0v) is 27.0. The molecule has 0 atom stereocenters. The van der Waals surface area contributed by atoms with Crippen LogP contribution in [0.25, 0.3) is 82.4 Å². The Morgan fingerprint density at radius 1 is 0.224 bits per heavy atom. The van der Waals surface area contributed by atoms with Gasteiger partial charge in [-0.1, -0.05) is 158 Å². The second-order valence-electron chi connectivity index (χ2n) is 12.5. The summed E-state index contributed by atoms with van der Waals surface area (Å²) in [5.74, 6) is 0. The second kappa shape index (κ2) is 12.3. The largest absolute Gasteiger partial charge is 0.309 e. The maximum Gasteiger partial charge on any atom is 0.0540 e. The fraction of sp³-hybridized carbons (Fsp3) is 0. The van der Waals surface area contributed by atoms with E-state index in [4.69, 9.17) is 0 Å². The van der Waals surface area contributed by atoms with Gasteiger partial charge in [-0.3, -0.25) is 0 Å². The van der Waals surface area contributed by atoms with E-state index in [0.29, 0.717) is 0 Å². The Labute approximate surface area is 286 Å². The summed E-state index contributed by atoms with van der Waals surface area (Å²) < 4.78 is 2.45. The number of nitrogens with zero attached hydrogens (tertiary/aromatic N) is 1. The molecular weight excluding hydrogens is 591 g/mol. The van der Waals surface area contributed by atoms with Gasteiger partial charge in [0.1, 0.15) is 0 Å². The van der Waals surface area contributed by atoms with Gasteiger partial charge in [-0.2, -0.15) is 0 Å². The molecule has 0 spiro atoms. The van der Waals surface area contributed by atoms with E-state index in [2.05, 4.69) is 205 Å². The molecule has 0 aliphatic rings. The smallest absolute Gasteiger partial charge is 0.0540 e. The summed E-state index contributed by atoms with van der Waals surface area (Å²) in [5, 5.41) is 7.33. The fourth-order valence-electron chi connectivity index (χ4n) is 7.32. The van der Waals surface area contributed by atoms with Crippen LogP contribution in [0.15, 0.2) is 200 Å². The van der Waals surface area contributed by atoms with Crippen LogP contribution >= 0.6 is 0 Å². The van der Waals surface area contributed by atoms with Gasteiger partial charge in [0.05, 0.1) is 11.0 Å². The van der Waals surface area contributed by atoms with Crippen LogP contribution in [-0.2, 0) is 0 Å². The molecule has 0 N–H and O–H groups in total. The average molecular weight is 624 g/mol. The highest BCUT2D eigenvalue weighted by Gasteiger charge is 2.12. The van der Waals surface area contributed by atoms with Crippen LogP contribution in [0.3, 0.4) is 0 Å². The van der Waals surface area contributed by atoms with Crippen LogP contribution in [0.4, 0.5) is 0 Å². The Hall–Kier alpha value is -6.44. The van der Waals surface area contributed by atoms with Crippen molar-refractivity contribution in [3.8, 4) is 39.1 Å². The van der Waals surface area contributed by atoms with Crippen LogP contribution in [0.1, 0.15) is 0 Å². The summed E-state index contributed by atoms with van der Waals surface area (Å²) in [5.41, 5.74) is 10.6. The van der Waals surface area contributed by atoms with Gasteiger partial charge in [0.25, 0.3) is 0 Å². The van der Waals surface area contributed by atoms with Crippen LogP contribution in [0.5, 0.6) is 0 Å². The summed E-state index contributed by atoms with van der Waals surface area (Å²) >= 11 is 0. The molecule has 0 saturated heterocycles. The molecule has 8 aromatic carbocycles. The normalized spacial score (nSPS) is 11.3. The molecule has 1 aromatic heterocycles. The lowest BCUT2D eigenvalue weighted by Crippen LogP contribution is -1.98. The Balaban J connectivity index is 1.38. The summed E-state index contributed by atoms with van der Waals surface area (Å²) in [6.45, 7) is 0. The standard InChI is InChI=1S/C48H33N/c1-3-16-34(17-4-1)37-30-38(35-18-5-2-6-19-35)32-39(31-37)36-20-15-21-40(33-36)49-47-28-13-11-26-45(47)43-24-9-7-22-41(43)42-23-8-10-25-44(42)46-27-12-14-29-48(46)49/h1-33H. The molecule has 1 nitrogen and oxygen atoms in total. The fourth-order valence-corrected chi connectivity index (χ4v) is 7.32. The number of para-hydroxylation sites is 2. The van der Waals surface area contributed by atoms with Crippen LogP contribution in [0.2, 0.25) is 0 Å². The van der Waals surface area contributed by atoms with Crippen molar-refractivity contribution >= 4 is 43.4 Å². The molecule has 0 fully saturated rings. The summed E-state index contributed by atoms with van der Waals surface area (Å²) in [4.78, 5) is 0. The Morgan fingerprint density at radius 2 is 0.571 bits per heavy atom. The number of benzene rings is 8. The minimum atomic E-state index is 1.11. The molecule has 0 amide bonds. The lowest BCUT2D eigenvalue weighted by Gasteiger charge is -2.16. The predicted molar refractivity (Wildman–Crippen MR) is 210 cm³/mol. The molecule has 0 unspecified atom stereocenters. The minimum absolute atomic E-state index is 1.11. The van der Waals surface area contributed by atoms with Gasteiger partial charge >= 0.3 is 0 Å². The maximum atomic E-state index is 2.45. The quantitative estimate of drug-likeness (QED) is 0.184. The van der Waals surface area contributed by atoms with E-state index >= 15 is 0 Å². The van der Waals surface area contributed by atoms with Gasteiger partial charge in [0.15, 0.2) is 0 Å². The molecule has 0 aliphatic heterocycles. The van der Waals surface area contributed by atoms with Gasteiger partial charge < -0.3 is 4.57 Å². The molecule has 230 valence electrons. The van der Waals surface area contributed by atoms with Gasteiger partial charge in [0.2, 0.25) is 0 Å². The molecule has 0 saturated carbocycles. The molecular formula is C48H33N. The van der Waals surface area contributed by atoms with Gasteiger partial charge in [-0.25, -0.2) is 0 Å². The first kappa shape index (κ1) is 28.8. The van der Waals surface area contributed by atoms with E-state index in [9.17, 15) is 0 Å². The summed E-state index contributed by atoms with van der Waals surface area (Å²) in [6, 6.07) is 72.6. The highest BCUT2D eigenvalue weighted by atomic mass is 15.0. The maximum absolute atomic E-state index is 2.45. The Bertz CT molecular complexity index is 2540. The van der Waals surface area contributed by atoms with E-state index in [1.54, 1.807) is 0 Å². The molecule has 1 heteroatoms. The van der Waals surface area contributed by atoms with Crippen LogP contribution in [0, 0.1) is 0 Å². The van der Waals surface area contributed by atoms with Crippen LogP contribution < -0.4 is 0 Å². The molecule has 0 aliphatic carbocycles. The van der Waals surface area contributed by atoms with Crippen molar-refractivity contribution in [3.05, 3.63) is 200 Å². The first-order valence-corrected chi connectivity index (χ1v) is 16.9. The lowest BCUT2D eigenvalue weighted by atomic mass is 9.93. The molecule has 9 rings (SSSR count). The third kappa shape index (κ3) is 5.23. The van der Waals surface area contributed by atoms with Crippen molar-refractivity contribution < 1.29 is 0 Å². The highest BCUT2D eigenvalue weighted by molar-refractivity contribution is 6.19. The van der Waals surface area contributed by atoms with Gasteiger partial charge in [0, 0.05) is 16.5 Å². The zero-order chi connectivity index (χ0) is 32.6. The topological polar surface area (TPSA) is 4.93 Å². The molecule has 9 aromatic rings. The van der Waals surface area contributed by atoms with Crippen molar-refractivity contribution in [1.29, 1.82) is 0 Å². The first-order valence-electron chi connectivity index (χ1n) is 16.9. The van der Waals surface area contributed by atoms with E-state index in [1.807, 2.05) is 0 Å².